The van der Waals surface area contributed by atoms with Crippen molar-refractivity contribution in [2.75, 3.05) is 13.7 Å². The van der Waals surface area contributed by atoms with Gasteiger partial charge in [-0.2, -0.15) is 0 Å². The summed E-state index contributed by atoms with van der Waals surface area (Å²) in [5.74, 6) is 0.896. The molecule has 0 amide bonds. The normalized spacial score (nSPS) is 21.2. The van der Waals surface area contributed by atoms with Gasteiger partial charge in [0.15, 0.2) is 0 Å². The van der Waals surface area contributed by atoms with Crippen molar-refractivity contribution < 1.29 is 9.47 Å². The van der Waals surface area contributed by atoms with Gasteiger partial charge in [0, 0.05) is 12.0 Å². The SMILES string of the molecule is C=C1COC(c2ccccc2OC)C1. The molecular weight excluding hydrogens is 176 g/mol. The lowest BCUT2D eigenvalue weighted by molar-refractivity contribution is 0.112. The maximum Gasteiger partial charge on any atom is 0.124 e. The molecule has 1 atom stereocenters. The molecular formula is C12H14O2. The highest BCUT2D eigenvalue weighted by atomic mass is 16.5. The Morgan fingerprint density at radius 3 is 2.86 bits per heavy atom. The molecule has 0 radical (unpaired) electrons. The first-order valence-electron chi connectivity index (χ1n) is 4.72. The van der Waals surface area contributed by atoms with Gasteiger partial charge in [0.1, 0.15) is 5.75 Å². The number of ether oxygens (including phenoxy) is 2. The largest absolute Gasteiger partial charge is 0.496 e. The van der Waals surface area contributed by atoms with Crippen LogP contribution in [0, 0.1) is 0 Å². The molecule has 0 aliphatic carbocycles. The second-order valence-electron chi connectivity index (χ2n) is 3.50. The van der Waals surface area contributed by atoms with Crippen molar-refractivity contribution in [2.45, 2.75) is 12.5 Å². The van der Waals surface area contributed by atoms with E-state index in [1.165, 1.54) is 0 Å². The fraction of sp³-hybridized carbons (Fsp3) is 0.333. The second kappa shape index (κ2) is 3.84. The summed E-state index contributed by atoms with van der Waals surface area (Å²) in [5, 5.41) is 0. The molecule has 2 rings (SSSR count). The highest BCUT2D eigenvalue weighted by molar-refractivity contribution is 5.36. The summed E-state index contributed by atoms with van der Waals surface area (Å²) >= 11 is 0. The zero-order valence-electron chi connectivity index (χ0n) is 8.32. The van der Waals surface area contributed by atoms with Crippen molar-refractivity contribution in [1.29, 1.82) is 0 Å². The number of methoxy groups -OCH3 is 1. The summed E-state index contributed by atoms with van der Waals surface area (Å²) in [7, 11) is 1.68. The Morgan fingerprint density at radius 1 is 1.43 bits per heavy atom. The van der Waals surface area contributed by atoms with Gasteiger partial charge in [-0.15, -0.1) is 0 Å². The zero-order chi connectivity index (χ0) is 9.97. The molecule has 1 unspecified atom stereocenters. The Bertz CT molecular complexity index is 344. The van der Waals surface area contributed by atoms with Gasteiger partial charge < -0.3 is 9.47 Å². The Morgan fingerprint density at radius 2 is 2.21 bits per heavy atom. The second-order valence-corrected chi connectivity index (χ2v) is 3.50. The minimum Gasteiger partial charge on any atom is -0.496 e. The van der Waals surface area contributed by atoms with E-state index in [1.807, 2.05) is 24.3 Å². The van der Waals surface area contributed by atoms with Crippen LogP contribution in [-0.4, -0.2) is 13.7 Å². The van der Waals surface area contributed by atoms with E-state index in [4.69, 9.17) is 9.47 Å². The summed E-state index contributed by atoms with van der Waals surface area (Å²) in [6.07, 6.45) is 1.03. The lowest BCUT2D eigenvalue weighted by Crippen LogP contribution is -1.98. The molecule has 0 aromatic heterocycles. The number of benzene rings is 1. The quantitative estimate of drug-likeness (QED) is 0.667. The Hall–Kier alpha value is -1.28. The van der Waals surface area contributed by atoms with Crippen LogP contribution in [0.15, 0.2) is 36.4 Å². The molecule has 0 bridgehead atoms. The molecule has 1 aromatic carbocycles. The third-order valence-corrected chi connectivity index (χ3v) is 2.45. The van der Waals surface area contributed by atoms with Crippen molar-refractivity contribution in [3.05, 3.63) is 42.0 Å². The zero-order valence-corrected chi connectivity index (χ0v) is 8.32. The van der Waals surface area contributed by atoms with Gasteiger partial charge in [0.25, 0.3) is 0 Å². The van der Waals surface area contributed by atoms with Crippen molar-refractivity contribution in [3.63, 3.8) is 0 Å². The third kappa shape index (κ3) is 1.66. The molecule has 14 heavy (non-hydrogen) atoms. The highest BCUT2D eigenvalue weighted by Gasteiger charge is 2.22. The van der Waals surface area contributed by atoms with Crippen LogP contribution in [0.25, 0.3) is 0 Å². The average Bonchev–Trinajstić information content (AvgIpc) is 2.65. The molecule has 74 valence electrons. The highest BCUT2D eigenvalue weighted by Crippen LogP contribution is 2.35. The van der Waals surface area contributed by atoms with E-state index in [2.05, 4.69) is 6.58 Å². The first-order chi connectivity index (χ1) is 6.81. The summed E-state index contributed by atoms with van der Waals surface area (Å²) < 4.78 is 10.9. The molecule has 0 spiro atoms. The molecule has 2 nitrogen and oxygen atoms in total. The van der Waals surface area contributed by atoms with Crippen molar-refractivity contribution in [3.8, 4) is 5.75 Å². The van der Waals surface area contributed by atoms with Crippen molar-refractivity contribution in [1.82, 2.24) is 0 Å². The Labute approximate surface area is 84.2 Å². The average molecular weight is 190 g/mol. The summed E-state index contributed by atoms with van der Waals surface area (Å²) in [5.41, 5.74) is 2.27. The number of hydrogen-bond donors (Lipinski definition) is 0. The van der Waals surface area contributed by atoms with Crippen LogP contribution >= 0.6 is 0 Å². The standard InChI is InChI=1S/C12H14O2/c1-9-7-12(14-8-9)10-5-3-4-6-11(10)13-2/h3-6,12H,1,7-8H2,2H3. The lowest BCUT2D eigenvalue weighted by atomic mass is 10.0. The molecule has 0 saturated carbocycles. The fourth-order valence-corrected chi connectivity index (χ4v) is 1.73. The molecule has 0 N–H and O–H groups in total. The Kier molecular flexibility index (Phi) is 2.55. The summed E-state index contributed by atoms with van der Waals surface area (Å²) in [4.78, 5) is 0. The van der Waals surface area contributed by atoms with Gasteiger partial charge in [-0.25, -0.2) is 0 Å². The van der Waals surface area contributed by atoms with E-state index in [1.54, 1.807) is 7.11 Å². The van der Waals surface area contributed by atoms with Gasteiger partial charge in [-0.3, -0.25) is 0 Å². The fourth-order valence-electron chi connectivity index (χ4n) is 1.73. The first-order valence-corrected chi connectivity index (χ1v) is 4.72. The van der Waals surface area contributed by atoms with Crippen LogP contribution in [0.1, 0.15) is 18.1 Å². The van der Waals surface area contributed by atoms with E-state index in [-0.39, 0.29) is 6.10 Å². The third-order valence-electron chi connectivity index (χ3n) is 2.45. The van der Waals surface area contributed by atoms with Crippen LogP contribution < -0.4 is 4.74 Å². The summed E-state index contributed by atoms with van der Waals surface area (Å²) in [6.45, 7) is 4.59. The van der Waals surface area contributed by atoms with E-state index < -0.39 is 0 Å². The smallest absolute Gasteiger partial charge is 0.124 e. The van der Waals surface area contributed by atoms with E-state index in [0.29, 0.717) is 6.61 Å². The van der Waals surface area contributed by atoms with Gasteiger partial charge in [0.05, 0.1) is 19.8 Å². The van der Waals surface area contributed by atoms with Crippen LogP contribution in [0.5, 0.6) is 5.75 Å². The predicted octanol–water partition coefficient (Wildman–Crippen LogP) is 2.71. The molecule has 1 aliphatic rings. The van der Waals surface area contributed by atoms with E-state index >= 15 is 0 Å². The molecule has 1 heterocycles. The predicted molar refractivity (Wildman–Crippen MR) is 55.4 cm³/mol. The maximum atomic E-state index is 5.61. The maximum absolute atomic E-state index is 5.61. The first kappa shape index (κ1) is 9.28. The van der Waals surface area contributed by atoms with Crippen molar-refractivity contribution >= 4 is 0 Å². The van der Waals surface area contributed by atoms with Crippen molar-refractivity contribution in [2.24, 2.45) is 0 Å². The van der Waals surface area contributed by atoms with Gasteiger partial charge in [-0.05, 0) is 11.6 Å². The van der Waals surface area contributed by atoms with Crippen LogP contribution in [0.3, 0.4) is 0 Å². The van der Waals surface area contributed by atoms with Gasteiger partial charge >= 0.3 is 0 Å². The van der Waals surface area contributed by atoms with Gasteiger partial charge in [-0.1, -0.05) is 24.8 Å². The minimum absolute atomic E-state index is 0.124. The van der Waals surface area contributed by atoms with E-state index in [9.17, 15) is 0 Å². The minimum atomic E-state index is 0.124. The van der Waals surface area contributed by atoms with Crippen LogP contribution in [0.2, 0.25) is 0 Å². The van der Waals surface area contributed by atoms with Crippen LogP contribution in [-0.2, 0) is 4.74 Å². The number of hydrogen-bond acceptors (Lipinski definition) is 2. The lowest BCUT2D eigenvalue weighted by Gasteiger charge is -2.13. The monoisotopic (exact) mass is 190 g/mol. The van der Waals surface area contributed by atoms with Crippen LogP contribution in [0.4, 0.5) is 0 Å². The topological polar surface area (TPSA) is 18.5 Å². The van der Waals surface area contributed by atoms with E-state index in [0.717, 1.165) is 23.3 Å². The Balaban J connectivity index is 2.27. The molecule has 1 aromatic rings. The molecule has 1 fully saturated rings. The molecule has 1 aliphatic heterocycles. The number of para-hydroxylation sites is 1. The molecule has 1 saturated heterocycles. The number of rotatable bonds is 2. The molecule has 2 heteroatoms. The summed E-state index contributed by atoms with van der Waals surface area (Å²) in [6, 6.07) is 7.97. The van der Waals surface area contributed by atoms with Gasteiger partial charge in [0.2, 0.25) is 0 Å².